The van der Waals surface area contributed by atoms with E-state index in [9.17, 15) is 18.0 Å². The summed E-state index contributed by atoms with van der Waals surface area (Å²) < 4.78 is 40.6. The van der Waals surface area contributed by atoms with Gasteiger partial charge < -0.3 is 15.2 Å². The van der Waals surface area contributed by atoms with Crippen molar-refractivity contribution in [1.82, 2.24) is 14.8 Å². The fourth-order valence-electron chi connectivity index (χ4n) is 3.50. The maximum absolute atomic E-state index is 12.8. The van der Waals surface area contributed by atoms with Crippen LogP contribution in [0.4, 0.5) is 29.3 Å². The van der Waals surface area contributed by atoms with Crippen molar-refractivity contribution in [3.63, 3.8) is 0 Å². The third-order valence-corrected chi connectivity index (χ3v) is 4.94. The predicted molar refractivity (Wildman–Crippen MR) is 107 cm³/mol. The number of urea groups is 1. The van der Waals surface area contributed by atoms with Crippen LogP contribution in [0.25, 0.3) is 11.4 Å². The predicted octanol–water partition coefficient (Wildman–Crippen LogP) is 5.33. The van der Waals surface area contributed by atoms with Crippen molar-refractivity contribution in [3.8, 4) is 11.4 Å². The number of halogens is 3. The van der Waals surface area contributed by atoms with Crippen LogP contribution < -0.4 is 10.6 Å². The third kappa shape index (κ3) is 4.45. The molecule has 1 aliphatic rings. The highest BCUT2D eigenvalue weighted by Gasteiger charge is 2.30. The molecule has 1 aromatic heterocycles. The zero-order chi connectivity index (χ0) is 21.1. The van der Waals surface area contributed by atoms with Gasteiger partial charge in [-0.15, -0.1) is 10.2 Å². The summed E-state index contributed by atoms with van der Waals surface area (Å²) in [4.78, 5) is 12.3. The molecular weight excluding hydrogens is 395 g/mol. The topological polar surface area (TPSA) is 71.8 Å². The Kier molecular flexibility index (Phi) is 5.43. The quantitative estimate of drug-likeness (QED) is 0.607. The van der Waals surface area contributed by atoms with Gasteiger partial charge in [0.2, 0.25) is 0 Å². The molecule has 0 bridgehead atoms. The van der Waals surface area contributed by atoms with Crippen molar-refractivity contribution in [2.75, 3.05) is 10.6 Å². The number of rotatable bonds is 3. The summed E-state index contributed by atoms with van der Waals surface area (Å²) in [7, 11) is 0. The molecule has 9 heteroatoms. The minimum Gasteiger partial charge on any atom is -0.311 e. The lowest BCUT2D eigenvalue weighted by Crippen LogP contribution is -2.19. The van der Waals surface area contributed by atoms with Crippen molar-refractivity contribution in [2.24, 2.45) is 0 Å². The lowest BCUT2D eigenvalue weighted by molar-refractivity contribution is -0.137. The van der Waals surface area contributed by atoms with Gasteiger partial charge in [0.15, 0.2) is 5.82 Å². The Labute approximate surface area is 171 Å². The number of nitrogens with zero attached hydrogens (tertiary/aromatic N) is 3. The van der Waals surface area contributed by atoms with Crippen LogP contribution in [-0.2, 0) is 19.1 Å². The molecule has 0 saturated heterocycles. The van der Waals surface area contributed by atoms with Crippen molar-refractivity contribution in [1.29, 1.82) is 0 Å². The summed E-state index contributed by atoms with van der Waals surface area (Å²) in [6, 6.07) is 11.0. The van der Waals surface area contributed by atoms with E-state index < -0.39 is 17.8 Å². The molecule has 0 fully saturated rings. The Hall–Kier alpha value is -3.36. The van der Waals surface area contributed by atoms with Gasteiger partial charge in [-0.05, 0) is 43.2 Å². The second-order valence-electron chi connectivity index (χ2n) is 7.14. The summed E-state index contributed by atoms with van der Waals surface area (Å²) in [5.41, 5.74) is 0.548. The number of benzene rings is 2. The highest BCUT2D eigenvalue weighted by atomic mass is 19.4. The first-order chi connectivity index (χ1) is 14.4. The van der Waals surface area contributed by atoms with E-state index in [4.69, 9.17) is 0 Å². The molecule has 2 N–H and O–H groups in total. The molecule has 0 atom stereocenters. The number of nitrogens with one attached hydrogen (secondary N) is 2. The van der Waals surface area contributed by atoms with Crippen molar-refractivity contribution in [3.05, 3.63) is 59.9 Å². The largest absolute Gasteiger partial charge is 0.416 e. The Morgan fingerprint density at radius 3 is 2.43 bits per heavy atom. The normalized spacial score (nSPS) is 14.0. The smallest absolute Gasteiger partial charge is 0.311 e. The molecule has 2 aromatic carbocycles. The molecular formula is C21H20F3N5O. The van der Waals surface area contributed by atoms with E-state index in [1.165, 1.54) is 12.1 Å². The van der Waals surface area contributed by atoms with Crippen LogP contribution in [0, 0.1) is 0 Å². The van der Waals surface area contributed by atoms with Crippen LogP contribution in [0.15, 0.2) is 48.5 Å². The van der Waals surface area contributed by atoms with E-state index in [1.54, 1.807) is 18.2 Å². The molecule has 4 rings (SSSR count). The first-order valence-electron chi connectivity index (χ1n) is 9.68. The van der Waals surface area contributed by atoms with Crippen molar-refractivity contribution in [2.45, 2.75) is 38.4 Å². The second kappa shape index (κ2) is 8.17. The van der Waals surface area contributed by atoms with Gasteiger partial charge in [0, 0.05) is 29.9 Å². The average Bonchev–Trinajstić information content (AvgIpc) is 2.96. The summed E-state index contributed by atoms with van der Waals surface area (Å²) >= 11 is 0. The third-order valence-electron chi connectivity index (χ3n) is 4.94. The zero-order valence-corrected chi connectivity index (χ0v) is 16.0. The lowest BCUT2D eigenvalue weighted by Gasteiger charge is -2.12. The Bertz CT molecular complexity index is 1060. The number of aryl methyl sites for hydroxylation is 1. The fourth-order valence-corrected chi connectivity index (χ4v) is 3.50. The Morgan fingerprint density at radius 2 is 1.67 bits per heavy atom. The van der Waals surface area contributed by atoms with E-state index in [0.29, 0.717) is 5.69 Å². The molecule has 0 aliphatic carbocycles. The van der Waals surface area contributed by atoms with Crippen LogP contribution in [0.5, 0.6) is 0 Å². The maximum Gasteiger partial charge on any atom is 0.416 e. The van der Waals surface area contributed by atoms with Crippen molar-refractivity contribution < 1.29 is 18.0 Å². The number of alkyl halides is 3. The van der Waals surface area contributed by atoms with E-state index in [1.807, 2.05) is 6.07 Å². The molecule has 0 saturated carbocycles. The van der Waals surface area contributed by atoms with Crippen LogP contribution in [0.2, 0.25) is 0 Å². The molecule has 2 amide bonds. The first kappa shape index (κ1) is 19.9. The van der Waals surface area contributed by atoms with Gasteiger partial charge in [-0.1, -0.05) is 24.6 Å². The molecule has 2 heterocycles. The number of aromatic nitrogens is 3. The highest BCUT2D eigenvalue weighted by Crippen LogP contribution is 2.31. The Balaban J connectivity index is 1.49. The molecule has 0 spiro atoms. The van der Waals surface area contributed by atoms with E-state index >= 15 is 0 Å². The number of carbonyl (C=O) groups is 1. The molecule has 0 radical (unpaired) electrons. The van der Waals surface area contributed by atoms with Gasteiger partial charge in [0.25, 0.3) is 0 Å². The minimum atomic E-state index is -4.47. The van der Waals surface area contributed by atoms with Gasteiger partial charge in [0.1, 0.15) is 5.82 Å². The van der Waals surface area contributed by atoms with Gasteiger partial charge >= 0.3 is 12.2 Å². The summed E-state index contributed by atoms with van der Waals surface area (Å²) in [6.45, 7) is 0.853. The van der Waals surface area contributed by atoms with Gasteiger partial charge in [-0.25, -0.2) is 4.79 Å². The number of hydrogen-bond donors (Lipinski definition) is 2. The first-order valence-corrected chi connectivity index (χ1v) is 9.68. The Morgan fingerprint density at radius 1 is 0.933 bits per heavy atom. The van der Waals surface area contributed by atoms with Gasteiger partial charge in [-0.2, -0.15) is 13.2 Å². The fraction of sp³-hybridized carbons (Fsp3) is 0.286. The van der Waals surface area contributed by atoms with Gasteiger partial charge in [0.05, 0.1) is 5.56 Å². The summed E-state index contributed by atoms with van der Waals surface area (Å²) in [6.07, 6.45) is -0.270. The standard InChI is InChI=1S/C21H20F3N5O/c22-21(23,24)15-7-5-9-17(13-15)26-20(30)25-16-8-4-6-14(12-16)19-28-27-18-10-2-1-3-11-29(18)19/h4-9,12-13H,1-3,10-11H2,(H2,25,26,30). The highest BCUT2D eigenvalue weighted by molar-refractivity contribution is 6.00. The molecule has 156 valence electrons. The molecule has 6 nitrogen and oxygen atoms in total. The number of anilines is 2. The number of fused-ring (bicyclic) bond motifs is 1. The number of amides is 2. The van der Waals surface area contributed by atoms with Crippen molar-refractivity contribution >= 4 is 17.4 Å². The zero-order valence-electron chi connectivity index (χ0n) is 16.0. The van der Waals surface area contributed by atoms with Crippen LogP contribution in [-0.4, -0.2) is 20.8 Å². The molecule has 1 aliphatic heterocycles. The van der Waals surface area contributed by atoms with E-state index in [-0.39, 0.29) is 5.69 Å². The molecule has 3 aromatic rings. The van der Waals surface area contributed by atoms with Gasteiger partial charge in [-0.3, -0.25) is 0 Å². The minimum absolute atomic E-state index is 0.0567. The summed E-state index contributed by atoms with van der Waals surface area (Å²) in [5.74, 6) is 1.71. The lowest BCUT2D eigenvalue weighted by atomic mass is 10.2. The maximum atomic E-state index is 12.8. The van der Waals surface area contributed by atoms with Crippen LogP contribution >= 0.6 is 0 Å². The second-order valence-corrected chi connectivity index (χ2v) is 7.14. The average molecular weight is 415 g/mol. The summed E-state index contributed by atoms with van der Waals surface area (Å²) in [5, 5.41) is 13.7. The van der Waals surface area contributed by atoms with Crippen LogP contribution in [0.3, 0.4) is 0 Å². The van der Waals surface area contributed by atoms with Crippen LogP contribution in [0.1, 0.15) is 30.7 Å². The number of carbonyl (C=O) groups excluding carboxylic acids is 1. The van der Waals surface area contributed by atoms with E-state index in [2.05, 4.69) is 25.4 Å². The SMILES string of the molecule is O=C(Nc1cccc(-c2nnc3n2CCCCC3)c1)Nc1cccc(C(F)(F)F)c1. The monoisotopic (exact) mass is 415 g/mol. The number of hydrogen-bond acceptors (Lipinski definition) is 3. The molecule has 30 heavy (non-hydrogen) atoms. The van der Waals surface area contributed by atoms with E-state index in [0.717, 1.165) is 61.6 Å². The molecule has 0 unspecified atom stereocenters.